The molecule has 0 aliphatic heterocycles. The van der Waals surface area contributed by atoms with Gasteiger partial charge in [-0.3, -0.25) is 9.59 Å². The molecular formula is C22H24N2O5S2. The molecule has 9 heteroatoms. The molecule has 31 heavy (non-hydrogen) atoms. The van der Waals surface area contributed by atoms with Gasteiger partial charge in [-0.15, -0.1) is 11.8 Å². The van der Waals surface area contributed by atoms with Gasteiger partial charge >= 0.3 is 5.97 Å². The van der Waals surface area contributed by atoms with E-state index in [9.17, 15) is 9.59 Å². The minimum atomic E-state index is -0.428. The lowest BCUT2D eigenvalue weighted by molar-refractivity contribution is -0.143. The number of thiazole rings is 1. The first-order valence-corrected chi connectivity index (χ1v) is 11.5. The predicted molar refractivity (Wildman–Crippen MR) is 122 cm³/mol. The number of ether oxygens (including phenoxy) is 3. The summed E-state index contributed by atoms with van der Waals surface area (Å²) in [4.78, 5) is 31.0. The van der Waals surface area contributed by atoms with Crippen molar-refractivity contribution in [2.75, 3.05) is 26.6 Å². The SMILES string of the molecule is CCOC(=O)Cn1c(=NC(=O)c2ccccc2SCC)sc2c(OC)ccc(OC)c21. The van der Waals surface area contributed by atoms with Crippen molar-refractivity contribution in [3.05, 3.63) is 46.8 Å². The van der Waals surface area contributed by atoms with E-state index in [1.165, 1.54) is 11.3 Å². The summed E-state index contributed by atoms with van der Waals surface area (Å²) < 4.78 is 18.5. The molecule has 0 saturated carbocycles. The number of nitrogens with zero attached hydrogens (tertiary/aromatic N) is 2. The number of hydrogen-bond donors (Lipinski definition) is 0. The van der Waals surface area contributed by atoms with Crippen LogP contribution in [0.25, 0.3) is 10.2 Å². The van der Waals surface area contributed by atoms with Crippen LogP contribution in [0, 0.1) is 0 Å². The van der Waals surface area contributed by atoms with Crippen LogP contribution in [0.5, 0.6) is 11.5 Å². The van der Waals surface area contributed by atoms with Gasteiger partial charge in [-0.25, -0.2) is 0 Å². The number of carbonyl (C=O) groups excluding carboxylic acids is 2. The van der Waals surface area contributed by atoms with Crippen molar-refractivity contribution in [3.63, 3.8) is 0 Å². The minimum Gasteiger partial charge on any atom is -0.495 e. The topological polar surface area (TPSA) is 79.1 Å². The molecule has 7 nitrogen and oxygen atoms in total. The van der Waals surface area contributed by atoms with Gasteiger partial charge in [-0.05, 0) is 36.9 Å². The Labute approximate surface area is 188 Å². The number of rotatable bonds is 8. The maximum absolute atomic E-state index is 13.1. The Hall–Kier alpha value is -2.78. The van der Waals surface area contributed by atoms with Gasteiger partial charge in [-0.2, -0.15) is 4.99 Å². The summed E-state index contributed by atoms with van der Waals surface area (Å²) in [6, 6.07) is 10.9. The van der Waals surface area contributed by atoms with Gasteiger partial charge < -0.3 is 18.8 Å². The number of fused-ring (bicyclic) bond motifs is 1. The molecule has 0 fully saturated rings. The molecule has 1 aromatic heterocycles. The lowest BCUT2D eigenvalue weighted by Crippen LogP contribution is -2.23. The Morgan fingerprint density at radius 3 is 2.45 bits per heavy atom. The van der Waals surface area contributed by atoms with Crippen LogP contribution >= 0.6 is 23.1 Å². The highest BCUT2D eigenvalue weighted by Crippen LogP contribution is 2.35. The van der Waals surface area contributed by atoms with Crippen molar-refractivity contribution in [2.45, 2.75) is 25.3 Å². The second-order valence-electron chi connectivity index (χ2n) is 6.27. The zero-order chi connectivity index (χ0) is 22.4. The summed E-state index contributed by atoms with van der Waals surface area (Å²) in [6.45, 7) is 3.93. The van der Waals surface area contributed by atoms with Gasteiger partial charge in [-0.1, -0.05) is 30.4 Å². The number of aromatic nitrogens is 1. The summed E-state index contributed by atoms with van der Waals surface area (Å²) in [7, 11) is 3.12. The molecule has 0 N–H and O–H groups in total. The molecule has 3 aromatic rings. The average Bonchev–Trinajstić information content (AvgIpc) is 3.11. The second kappa shape index (κ2) is 10.5. The highest BCUT2D eigenvalue weighted by Gasteiger charge is 2.19. The van der Waals surface area contributed by atoms with Crippen molar-refractivity contribution in [1.29, 1.82) is 0 Å². The maximum Gasteiger partial charge on any atom is 0.326 e. The Bertz CT molecular complexity index is 1170. The molecule has 0 aliphatic carbocycles. The zero-order valence-electron chi connectivity index (χ0n) is 17.8. The van der Waals surface area contributed by atoms with Crippen LogP contribution < -0.4 is 14.3 Å². The summed E-state index contributed by atoms with van der Waals surface area (Å²) in [5.74, 6) is 1.19. The average molecular weight is 461 g/mol. The second-order valence-corrected chi connectivity index (χ2v) is 8.55. The highest BCUT2D eigenvalue weighted by atomic mass is 32.2. The monoisotopic (exact) mass is 460 g/mol. The quantitative estimate of drug-likeness (QED) is 0.371. The van der Waals surface area contributed by atoms with E-state index in [2.05, 4.69) is 4.99 Å². The number of hydrogen-bond acceptors (Lipinski definition) is 7. The first kappa shape index (κ1) is 22.9. The fraction of sp³-hybridized carbons (Fsp3) is 0.318. The lowest BCUT2D eigenvalue weighted by Gasteiger charge is -2.10. The summed E-state index contributed by atoms with van der Waals surface area (Å²) >= 11 is 2.84. The Kier molecular flexibility index (Phi) is 7.75. The zero-order valence-corrected chi connectivity index (χ0v) is 19.5. The van der Waals surface area contributed by atoms with E-state index in [-0.39, 0.29) is 19.1 Å². The van der Waals surface area contributed by atoms with Gasteiger partial charge in [0.15, 0.2) is 4.80 Å². The van der Waals surface area contributed by atoms with Crippen molar-refractivity contribution in [3.8, 4) is 11.5 Å². The number of amides is 1. The van der Waals surface area contributed by atoms with Crippen LogP contribution in [0.4, 0.5) is 0 Å². The van der Waals surface area contributed by atoms with Crippen molar-refractivity contribution in [2.24, 2.45) is 4.99 Å². The van der Waals surface area contributed by atoms with Crippen LogP contribution in [-0.4, -0.2) is 43.0 Å². The fourth-order valence-electron chi connectivity index (χ4n) is 3.09. The van der Waals surface area contributed by atoms with Crippen LogP contribution in [0.3, 0.4) is 0 Å². The third kappa shape index (κ3) is 4.94. The summed E-state index contributed by atoms with van der Waals surface area (Å²) in [6.07, 6.45) is 0. The molecule has 0 unspecified atom stereocenters. The molecule has 1 heterocycles. The van der Waals surface area contributed by atoms with Gasteiger partial charge in [0, 0.05) is 4.90 Å². The summed E-state index contributed by atoms with van der Waals surface area (Å²) in [5.41, 5.74) is 1.15. The molecule has 0 bridgehead atoms. The molecular weight excluding hydrogens is 436 g/mol. The molecule has 0 saturated heterocycles. The van der Waals surface area contributed by atoms with Crippen LogP contribution in [-0.2, 0) is 16.1 Å². The van der Waals surface area contributed by atoms with Crippen LogP contribution in [0.1, 0.15) is 24.2 Å². The number of esters is 1. The first-order valence-electron chi connectivity index (χ1n) is 9.74. The fourth-order valence-corrected chi connectivity index (χ4v) is 5.03. The molecule has 0 radical (unpaired) electrons. The van der Waals surface area contributed by atoms with Gasteiger partial charge in [0.25, 0.3) is 5.91 Å². The normalized spacial score (nSPS) is 11.5. The number of carbonyl (C=O) groups is 2. The highest BCUT2D eigenvalue weighted by molar-refractivity contribution is 7.99. The molecule has 0 aliphatic rings. The molecule has 164 valence electrons. The van der Waals surface area contributed by atoms with Crippen molar-refractivity contribution < 1.29 is 23.8 Å². The standard InChI is InChI=1S/C22H24N2O5S2/c1-5-29-18(25)13-24-19-15(27-3)11-12-16(28-4)20(19)31-22(24)23-21(26)14-9-7-8-10-17(14)30-6-2/h7-12H,5-6,13H2,1-4H3. The number of thioether (sulfide) groups is 1. The minimum absolute atomic E-state index is 0.102. The molecule has 2 aromatic carbocycles. The molecule has 0 atom stereocenters. The smallest absolute Gasteiger partial charge is 0.326 e. The Morgan fingerprint density at radius 2 is 1.77 bits per heavy atom. The molecule has 1 amide bonds. The van der Waals surface area contributed by atoms with E-state index in [1.807, 2.05) is 25.1 Å². The summed E-state index contributed by atoms with van der Waals surface area (Å²) in [5, 5.41) is 0. The van der Waals surface area contributed by atoms with E-state index < -0.39 is 5.97 Å². The van der Waals surface area contributed by atoms with E-state index in [1.54, 1.807) is 55.7 Å². The van der Waals surface area contributed by atoms with E-state index in [0.29, 0.717) is 27.4 Å². The Balaban J connectivity index is 2.23. The largest absolute Gasteiger partial charge is 0.495 e. The molecule has 3 rings (SSSR count). The van der Waals surface area contributed by atoms with Crippen molar-refractivity contribution in [1.82, 2.24) is 4.57 Å². The number of benzene rings is 2. The van der Waals surface area contributed by atoms with E-state index in [0.717, 1.165) is 15.3 Å². The van der Waals surface area contributed by atoms with Crippen LogP contribution in [0.15, 0.2) is 46.3 Å². The molecule has 0 spiro atoms. The van der Waals surface area contributed by atoms with Crippen LogP contribution in [0.2, 0.25) is 0 Å². The van der Waals surface area contributed by atoms with Gasteiger partial charge in [0.2, 0.25) is 0 Å². The van der Waals surface area contributed by atoms with E-state index in [4.69, 9.17) is 14.2 Å². The van der Waals surface area contributed by atoms with Gasteiger partial charge in [0.05, 0.1) is 26.4 Å². The van der Waals surface area contributed by atoms with Gasteiger partial charge in [0.1, 0.15) is 28.3 Å². The third-order valence-corrected chi connectivity index (χ3v) is 6.45. The maximum atomic E-state index is 13.1. The Morgan fingerprint density at radius 1 is 1.06 bits per heavy atom. The van der Waals surface area contributed by atoms with E-state index >= 15 is 0 Å². The number of methoxy groups -OCH3 is 2. The first-order chi connectivity index (χ1) is 15.0. The third-order valence-electron chi connectivity index (χ3n) is 4.40. The van der Waals surface area contributed by atoms with Crippen molar-refractivity contribution >= 4 is 45.2 Å². The lowest BCUT2D eigenvalue weighted by atomic mass is 10.2. The predicted octanol–water partition coefficient (Wildman–Crippen LogP) is 4.14.